The summed E-state index contributed by atoms with van der Waals surface area (Å²) in [6.07, 6.45) is 0. The Bertz CT molecular complexity index is 385. The van der Waals surface area contributed by atoms with Gasteiger partial charge in [0, 0.05) is 6.07 Å². The van der Waals surface area contributed by atoms with Gasteiger partial charge in [0.15, 0.2) is 0 Å². The molecular formula is C6H4F2N2O4+2. The SMILES string of the molecule is O=[N+](O)c1cc([N+](=O)O)c(F)cc1F. The fourth-order valence-electron chi connectivity index (χ4n) is 0.820. The first kappa shape index (κ1) is 9.96. The van der Waals surface area contributed by atoms with E-state index in [1.54, 1.807) is 0 Å². The largest absolute Gasteiger partial charge is 0.359 e. The van der Waals surface area contributed by atoms with Gasteiger partial charge in [-0.3, -0.25) is 0 Å². The van der Waals surface area contributed by atoms with Gasteiger partial charge in [0.1, 0.15) is 6.07 Å². The van der Waals surface area contributed by atoms with Crippen LogP contribution < -0.4 is 0 Å². The molecule has 14 heavy (non-hydrogen) atoms. The quantitative estimate of drug-likeness (QED) is 0.719. The van der Waals surface area contributed by atoms with Crippen LogP contribution in [-0.4, -0.2) is 20.3 Å². The third-order valence-electron chi connectivity index (χ3n) is 1.43. The molecule has 6 nitrogen and oxygen atoms in total. The molecule has 8 heteroatoms. The second-order valence-electron chi connectivity index (χ2n) is 2.30. The van der Waals surface area contributed by atoms with E-state index in [0.717, 1.165) is 0 Å². The van der Waals surface area contributed by atoms with Crippen molar-refractivity contribution in [1.29, 1.82) is 0 Å². The Labute approximate surface area is 75.1 Å². The summed E-state index contributed by atoms with van der Waals surface area (Å²) in [5.41, 5.74) is -1.95. The van der Waals surface area contributed by atoms with Gasteiger partial charge in [-0.15, -0.1) is 0 Å². The highest BCUT2D eigenvalue weighted by Gasteiger charge is 2.30. The van der Waals surface area contributed by atoms with Gasteiger partial charge < -0.3 is 0 Å². The molecule has 2 N–H and O–H groups in total. The van der Waals surface area contributed by atoms with Crippen LogP contribution in [0.1, 0.15) is 0 Å². The first-order chi connectivity index (χ1) is 6.43. The fraction of sp³-hybridized carbons (Fsp3) is 0. The van der Waals surface area contributed by atoms with Crippen LogP contribution in [0.15, 0.2) is 12.1 Å². The van der Waals surface area contributed by atoms with Gasteiger partial charge in [0.25, 0.3) is 9.85 Å². The summed E-state index contributed by atoms with van der Waals surface area (Å²) < 4.78 is 25.4. The molecule has 0 heterocycles. The van der Waals surface area contributed by atoms with E-state index in [1.165, 1.54) is 0 Å². The number of hydrogen-bond acceptors (Lipinski definition) is 2. The minimum absolute atomic E-state index is 0.187. The van der Waals surface area contributed by atoms with Crippen LogP contribution in [0.2, 0.25) is 0 Å². The van der Waals surface area contributed by atoms with Crippen molar-refractivity contribution in [2.24, 2.45) is 0 Å². The van der Waals surface area contributed by atoms with Crippen molar-refractivity contribution in [2.75, 3.05) is 0 Å². The van der Waals surface area contributed by atoms with E-state index in [0.29, 0.717) is 6.07 Å². The zero-order valence-corrected chi connectivity index (χ0v) is 6.52. The van der Waals surface area contributed by atoms with Crippen molar-refractivity contribution >= 4 is 11.4 Å². The van der Waals surface area contributed by atoms with Gasteiger partial charge in [0.05, 0.1) is 9.81 Å². The summed E-state index contributed by atoms with van der Waals surface area (Å²) >= 11 is 0. The lowest BCUT2D eigenvalue weighted by Crippen LogP contribution is -2.01. The summed E-state index contributed by atoms with van der Waals surface area (Å²) in [5.74, 6) is -2.71. The molecule has 0 aromatic heterocycles. The molecule has 1 aromatic rings. The second kappa shape index (κ2) is 3.32. The first-order valence-electron chi connectivity index (χ1n) is 3.25. The van der Waals surface area contributed by atoms with Crippen molar-refractivity contribution in [1.82, 2.24) is 0 Å². The van der Waals surface area contributed by atoms with Gasteiger partial charge in [0.2, 0.25) is 11.6 Å². The molecule has 1 aromatic carbocycles. The van der Waals surface area contributed by atoms with Crippen molar-refractivity contribution in [3.63, 3.8) is 0 Å². The van der Waals surface area contributed by atoms with Gasteiger partial charge in [-0.1, -0.05) is 0 Å². The van der Waals surface area contributed by atoms with E-state index in [-0.39, 0.29) is 6.07 Å². The monoisotopic (exact) mass is 206 g/mol. The number of halogens is 2. The standard InChI is InChI=1S/C6H4F2N2O4/c7-3-1-4(8)6(10(13)14)2-5(3)9(11)12/h1-2H,(H,11,12)(H,13,14)/q+2. The average molecular weight is 206 g/mol. The lowest BCUT2D eigenvalue weighted by atomic mass is 10.2. The number of hydrogen-bond donors (Lipinski definition) is 2. The molecule has 74 valence electrons. The van der Waals surface area contributed by atoms with Gasteiger partial charge in [-0.2, -0.15) is 8.78 Å². The first-order valence-corrected chi connectivity index (χ1v) is 3.25. The Morgan fingerprint density at radius 3 is 1.57 bits per heavy atom. The Morgan fingerprint density at radius 2 is 1.29 bits per heavy atom. The van der Waals surface area contributed by atoms with Gasteiger partial charge in [-0.05, 0) is 0 Å². The normalized spacial score (nSPS) is 9.86. The number of benzene rings is 1. The molecule has 0 atom stereocenters. The maximum atomic E-state index is 12.7. The van der Waals surface area contributed by atoms with E-state index in [9.17, 15) is 18.6 Å². The third kappa shape index (κ3) is 1.63. The highest BCUT2D eigenvalue weighted by Crippen LogP contribution is 2.25. The van der Waals surface area contributed by atoms with Crippen molar-refractivity contribution in [2.45, 2.75) is 0 Å². The summed E-state index contributed by atoms with van der Waals surface area (Å²) in [6, 6.07) is 0.553. The Balaban J connectivity index is 3.42. The molecule has 1 rings (SSSR count). The molecule has 0 saturated carbocycles. The van der Waals surface area contributed by atoms with Crippen LogP contribution in [0.3, 0.4) is 0 Å². The lowest BCUT2D eigenvalue weighted by Gasteiger charge is -1.89. The molecule has 0 fully saturated rings. The van der Waals surface area contributed by atoms with Crippen molar-refractivity contribution in [3.05, 3.63) is 33.6 Å². The molecule has 0 saturated heterocycles. The maximum absolute atomic E-state index is 12.7. The van der Waals surface area contributed by atoms with Crippen molar-refractivity contribution in [3.8, 4) is 0 Å². The fourth-order valence-corrected chi connectivity index (χ4v) is 0.820. The molecule has 0 bridgehead atoms. The van der Waals surface area contributed by atoms with Gasteiger partial charge in [-0.25, -0.2) is 10.4 Å². The van der Waals surface area contributed by atoms with Crippen molar-refractivity contribution < 1.29 is 29.0 Å². The lowest BCUT2D eigenvalue weighted by molar-refractivity contribution is -0.736. The predicted molar refractivity (Wildman–Crippen MR) is 36.5 cm³/mol. The van der Waals surface area contributed by atoms with Crippen LogP contribution in [0.25, 0.3) is 0 Å². The maximum Gasteiger partial charge on any atom is 0.359 e. The van der Waals surface area contributed by atoms with Crippen LogP contribution in [0.5, 0.6) is 0 Å². The van der Waals surface area contributed by atoms with Crippen LogP contribution >= 0.6 is 0 Å². The minimum Gasteiger partial charge on any atom is -0.241 e. The topological polar surface area (TPSA) is 80.6 Å². The predicted octanol–water partition coefficient (Wildman–Crippen LogP) is 1.56. The highest BCUT2D eigenvalue weighted by molar-refractivity contribution is 5.44. The molecule has 0 aliphatic heterocycles. The van der Waals surface area contributed by atoms with Crippen LogP contribution in [0.4, 0.5) is 20.2 Å². The molecule has 0 spiro atoms. The molecule has 0 unspecified atom stereocenters. The Morgan fingerprint density at radius 1 is 0.929 bits per heavy atom. The van der Waals surface area contributed by atoms with Crippen LogP contribution in [-0.2, 0) is 0 Å². The molecule has 0 aliphatic rings. The minimum atomic E-state index is -1.36. The summed E-state index contributed by atoms with van der Waals surface area (Å²) in [5, 5.41) is 16.6. The zero-order valence-electron chi connectivity index (χ0n) is 6.52. The summed E-state index contributed by atoms with van der Waals surface area (Å²) in [4.78, 5) is 18.7. The number of nitrogens with zero attached hydrogens (tertiary/aromatic N) is 2. The van der Waals surface area contributed by atoms with E-state index >= 15 is 0 Å². The Hall–Kier alpha value is -2.12. The van der Waals surface area contributed by atoms with Crippen LogP contribution in [0, 0.1) is 21.4 Å². The van der Waals surface area contributed by atoms with E-state index < -0.39 is 32.9 Å². The molecule has 0 aliphatic carbocycles. The van der Waals surface area contributed by atoms with Gasteiger partial charge >= 0.3 is 11.4 Å². The Kier molecular flexibility index (Phi) is 2.36. The summed E-state index contributed by atoms with van der Waals surface area (Å²) in [6.45, 7) is 0. The molecule has 0 radical (unpaired) electrons. The second-order valence-corrected chi connectivity index (χ2v) is 2.30. The summed E-state index contributed by atoms with van der Waals surface area (Å²) in [7, 11) is 0. The van der Waals surface area contributed by atoms with E-state index in [2.05, 4.69) is 0 Å². The highest BCUT2D eigenvalue weighted by atomic mass is 19.1. The smallest absolute Gasteiger partial charge is 0.241 e. The average Bonchev–Trinajstić information content (AvgIpc) is 2.02. The number of rotatable bonds is 2. The molecular weight excluding hydrogens is 202 g/mol. The van der Waals surface area contributed by atoms with E-state index in [1.807, 2.05) is 0 Å². The van der Waals surface area contributed by atoms with E-state index in [4.69, 9.17) is 10.4 Å². The zero-order chi connectivity index (χ0) is 10.9. The third-order valence-corrected chi connectivity index (χ3v) is 1.43. The molecule has 0 amide bonds.